The maximum atomic E-state index is 12.4. The van der Waals surface area contributed by atoms with Crippen molar-refractivity contribution in [2.45, 2.75) is 39.7 Å². The third-order valence-corrected chi connectivity index (χ3v) is 3.84. The Labute approximate surface area is 135 Å². The quantitative estimate of drug-likeness (QED) is 0.802. The summed E-state index contributed by atoms with van der Waals surface area (Å²) in [7, 11) is 1.32. The molecule has 0 unspecified atom stereocenters. The average Bonchev–Trinajstić information content (AvgIpc) is 3.12. The van der Waals surface area contributed by atoms with Crippen LogP contribution in [0.3, 0.4) is 0 Å². The highest BCUT2D eigenvalue weighted by Crippen LogP contribution is 2.19. The van der Waals surface area contributed by atoms with E-state index in [2.05, 4.69) is 10.3 Å². The predicted octanol–water partition coefficient (Wildman–Crippen LogP) is 2.76. The zero-order valence-corrected chi connectivity index (χ0v) is 13.9. The van der Waals surface area contributed by atoms with Crippen LogP contribution < -0.4 is 5.32 Å². The lowest BCUT2D eigenvalue weighted by atomic mass is 10.1. The van der Waals surface area contributed by atoms with Crippen LogP contribution in [0.2, 0.25) is 0 Å². The standard InChI is InChI=1S/C17H22N2O4/c1-10(7-8-13-6-5-9-23-13)18-16(20)15-11(2)14(12(3)19-15)17(21)22-4/h5-6,9-10,19H,7-8H2,1-4H3,(H,18,20)/t10-/m0/s1. The van der Waals surface area contributed by atoms with Gasteiger partial charge in [-0.1, -0.05) is 0 Å². The third-order valence-electron chi connectivity index (χ3n) is 3.84. The largest absolute Gasteiger partial charge is 0.469 e. The van der Waals surface area contributed by atoms with Gasteiger partial charge >= 0.3 is 5.97 Å². The lowest BCUT2D eigenvalue weighted by Crippen LogP contribution is -2.33. The normalized spacial score (nSPS) is 12.0. The number of amides is 1. The number of carbonyl (C=O) groups excluding carboxylic acids is 2. The molecule has 6 nitrogen and oxygen atoms in total. The molecule has 0 aromatic carbocycles. The molecule has 1 atom stereocenters. The minimum absolute atomic E-state index is 0.0165. The fraction of sp³-hybridized carbons (Fsp3) is 0.412. The van der Waals surface area contributed by atoms with Crippen LogP contribution in [0.1, 0.15) is 51.2 Å². The number of aryl methyl sites for hydroxylation is 2. The first-order chi connectivity index (χ1) is 10.9. The number of aromatic amines is 1. The summed E-state index contributed by atoms with van der Waals surface area (Å²) in [4.78, 5) is 27.1. The Morgan fingerprint density at radius 2 is 2.13 bits per heavy atom. The molecule has 0 fully saturated rings. The summed E-state index contributed by atoms with van der Waals surface area (Å²) in [5.41, 5.74) is 2.04. The lowest BCUT2D eigenvalue weighted by Gasteiger charge is -2.13. The van der Waals surface area contributed by atoms with Crippen molar-refractivity contribution in [2.75, 3.05) is 7.11 Å². The van der Waals surface area contributed by atoms with E-state index in [4.69, 9.17) is 9.15 Å². The molecule has 1 amide bonds. The number of aromatic nitrogens is 1. The second kappa shape index (κ2) is 7.17. The number of rotatable bonds is 6. The van der Waals surface area contributed by atoms with Gasteiger partial charge in [0.15, 0.2) is 0 Å². The van der Waals surface area contributed by atoms with Gasteiger partial charge in [-0.3, -0.25) is 4.79 Å². The zero-order valence-electron chi connectivity index (χ0n) is 13.9. The van der Waals surface area contributed by atoms with Crippen molar-refractivity contribution in [3.05, 3.63) is 46.7 Å². The van der Waals surface area contributed by atoms with E-state index >= 15 is 0 Å². The van der Waals surface area contributed by atoms with E-state index in [0.29, 0.717) is 22.5 Å². The maximum Gasteiger partial charge on any atom is 0.339 e. The van der Waals surface area contributed by atoms with Gasteiger partial charge in [-0.2, -0.15) is 0 Å². The Bertz CT molecular complexity index is 686. The number of furan rings is 1. The molecule has 0 bridgehead atoms. The summed E-state index contributed by atoms with van der Waals surface area (Å²) in [5.74, 6) is 0.222. The van der Waals surface area contributed by atoms with Gasteiger partial charge in [0.05, 0.1) is 18.9 Å². The van der Waals surface area contributed by atoms with E-state index in [-0.39, 0.29) is 11.9 Å². The topological polar surface area (TPSA) is 84.3 Å². The Kier molecular flexibility index (Phi) is 5.26. The van der Waals surface area contributed by atoms with Gasteiger partial charge in [-0.05, 0) is 44.9 Å². The van der Waals surface area contributed by atoms with Crippen molar-refractivity contribution in [1.29, 1.82) is 0 Å². The third kappa shape index (κ3) is 3.83. The van der Waals surface area contributed by atoms with Crippen LogP contribution in [-0.2, 0) is 11.2 Å². The van der Waals surface area contributed by atoms with E-state index in [1.54, 1.807) is 20.1 Å². The van der Waals surface area contributed by atoms with Crippen molar-refractivity contribution < 1.29 is 18.7 Å². The molecule has 2 N–H and O–H groups in total. The Hall–Kier alpha value is -2.50. The van der Waals surface area contributed by atoms with Crippen molar-refractivity contribution in [2.24, 2.45) is 0 Å². The lowest BCUT2D eigenvalue weighted by molar-refractivity contribution is 0.0599. The van der Waals surface area contributed by atoms with Gasteiger partial charge in [0.1, 0.15) is 11.5 Å². The van der Waals surface area contributed by atoms with Crippen molar-refractivity contribution >= 4 is 11.9 Å². The molecule has 2 heterocycles. The maximum absolute atomic E-state index is 12.4. The van der Waals surface area contributed by atoms with Crippen LogP contribution in [0.15, 0.2) is 22.8 Å². The average molecular weight is 318 g/mol. The molecule has 2 aromatic heterocycles. The second-order valence-electron chi connectivity index (χ2n) is 5.61. The summed E-state index contributed by atoms with van der Waals surface area (Å²) in [6, 6.07) is 3.74. The fourth-order valence-electron chi connectivity index (χ4n) is 2.57. The Balaban J connectivity index is 2.01. The first-order valence-electron chi connectivity index (χ1n) is 7.54. The Morgan fingerprint density at radius 1 is 1.39 bits per heavy atom. The molecule has 0 aliphatic rings. The van der Waals surface area contributed by atoms with E-state index in [1.165, 1.54) is 7.11 Å². The molecule has 124 valence electrons. The fourth-order valence-corrected chi connectivity index (χ4v) is 2.57. The number of methoxy groups -OCH3 is 1. The molecule has 0 radical (unpaired) electrons. The van der Waals surface area contributed by atoms with E-state index in [0.717, 1.165) is 18.6 Å². The summed E-state index contributed by atoms with van der Waals surface area (Å²) < 4.78 is 10.0. The molecule has 6 heteroatoms. The Morgan fingerprint density at radius 3 is 2.74 bits per heavy atom. The van der Waals surface area contributed by atoms with Gasteiger partial charge in [0.25, 0.3) is 5.91 Å². The van der Waals surface area contributed by atoms with Crippen molar-refractivity contribution in [3.63, 3.8) is 0 Å². The van der Waals surface area contributed by atoms with Crippen LogP contribution in [-0.4, -0.2) is 30.0 Å². The highest BCUT2D eigenvalue weighted by atomic mass is 16.5. The summed E-state index contributed by atoms with van der Waals surface area (Å²) >= 11 is 0. The van der Waals surface area contributed by atoms with E-state index in [1.807, 2.05) is 19.1 Å². The van der Waals surface area contributed by atoms with Crippen LogP contribution in [0.25, 0.3) is 0 Å². The van der Waals surface area contributed by atoms with Crippen LogP contribution in [0.5, 0.6) is 0 Å². The first kappa shape index (κ1) is 16.9. The number of hydrogen-bond acceptors (Lipinski definition) is 4. The van der Waals surface area contributed by atoms with E-state index in [9.17, 15) is 9.59 Å². The highest BCUT2D eigenvalue weighted by molar-refractivity contribution is 6.00. The molecule has 0 spiro atoms. The molecular formula is C17H22N2O4. The van der Waals surface area contributed by atoms with Gasteiger partial charge in [-0.25, -0.2) is 4.79 Å². The summed E-state index contributed by atoms with van der Waals surface area (Å²) in [6.45, 7) is 5.42. The molecule has 2 aromatic rings. The molecule has 0 aliphatic carbocycles. The number of carbonyl (C=O) groups is 2. The van der Waals surface area contributed by atoms with Crippen LogP contribution >= 0.6 is 0 Å². The van der Waals surface area contributed by atoms with Crippen molar-refractivity contribution in [3.8, 4) is 0 Å². The second-order valence-corrected chi connectivity index (χ2v) is 5.61. The highest BCUT2D eigenvalue weighted by Gasteiger charge is 2.23. The molecule has 0 saturated heterocycles. The number of esters is 1. The van der Waals surface area contributed by atoms with Crippen LogP contribution in [0, 0.1) is 13.8 Å². The van der Waals surface area contributed by atoms with Crippen molar-refractivity contribution in [1.82, 2.24) is 10.3 Å². The molecule has 0 saturated carbocycles. The van der Waals surface area contributed by atoms with E-state index < -0.39 is 5.97 Å². The molecule has 2 rings (SSSR count). The number of nitrogens with one attached hydrogen (secondary N) is 2. The monoisotopic (exact) mass is 318 g/mol. The summed E-state index contributed by atoms with van der Waals surface area (Å²) in [5, 5.41) is 2.93. The van der Waals surface area contributed by atoms with Gasteiger partial charge < -0.3 is 19.5 Å². The van der Waals surface area contributed by atoms with Gasteiger partial charge in [0.2, 0.25) is 0 Å². The zero-order chi connectivity index (χ0) is 17.0. The smallest absolute Gasteiger partial charge is 0.339 e. The minimum Gasteiger partial charge on any atom is -0.469 e. The van der Waals surface area contributed by atoms with Gasteiger partial charge in [-0.15, -0.1) is 0 Å². The number of ether oxygens (including phenoxy) is 1. The SMILES string of the molecule is COC(=O)c1c(C)[nH]c(C(=O)N[C@@H](C)CCc2ccco2)c1C. The summed E-state index contributed by atoms with van der Waals surface area (Å²) in [6.07, 6.45) is 3.16. The first-order valence-corrected chi connectivity index (χ1v) is 7.54. The minimum atomic E-state index is -0.443. The number of H-pyrrole nitrogens is 1. The molecular weight excluding hydrogens is 296 g/mol. The molecule has 0 aliphatic heterocycles. The predicted molar refractivity (Wildman–Crippen MR) is 85.6 cm³/mol. The van der Waals surface area contributed by atoms with Gasteiger partial charge in [0, 0.05) is 18.2 Å². The molecule has 23 heavy (non-hydrogen) atoms. The number of hydrogen-bond donors (Lipinski definition) is 2. The van der Waals surface area contributed by atoms with Crippen LogP contribution in [0.4, 0.5) is 0 Å².